The van der Waals surface area contributed by atoms with Crippen molar-refractivity contribution in [1.82, 2.24) is 0 Å². The third kappa shape index (κ3) is 5.05. The van der Waals surface area contributed by atoms with Crippen molar-refractivity contribution in [3.63, 3.8) is 0 Å². The predicted molar refractivity (Wildman–Crippen MR) is 140 cm³/mol. The molecule has 2 N–H and O–H groups in total. The van der Waals surface area contributed by atoms with E-state index in [1.54, 1.807) is 0 Å². The summed E-state index contributed by atoms with van der Waals surface area (Å²) < 4.78 is 0. The van der Waals surface area contributed by atoms with Crippen LogP contribution in [-0.2, 0) is 0 Å². The average molecular weight is 484 g/mol. The molecule has 0 radical (unpaired) electrons. The summed E-state index contributed by atoms with van der Waals surface area (Å²) in [7, 11) is 0. The van der Waals surface area contributed by atoms with Crippen molar-refractivity contribution in [2.24, 2.45) is 5.73 Å². The van der Waals surface area contributed by atoms with E-state index in [9.17, 15) is 0 Å². The molecular formula is C27H35BrNP. The number of halogens is 1. The van der Waals surface area contributed by atoms with E-state index in [1.165, 1.54) is 54.4 Å². The predicted octanol–water partition coefficient (Wildman–Crippen LogP) is 6.52. The fourth-order valence-electron chi connectivity index (χ4n) is 4.49. The molecule has 3 rings (SSSR count). The Labute approximate surface area is 190 Å². The Bertz CT molecular complexity index is 768. The van der Waals surface area contributed by atoms with Gasteiger partial charge in [0.2, 0.25) is 0 Å². The molecule has 3 aromatic rings. The molecule has 0 fully saturated rings. The molecule has 0 aromatic heterocycles. The van der Waals surface area contributed by atoms with Crippen molar-refractivity contribution in [1.29, 1.82) is 0 Å². The van der Waals surface area contributed by atoms with Gasteiger partial charge in [-0.05, 0) is 0 Å². The fraction of sp³-hybridized carbons (Fsp3) is 0.333. The second-order valence-corrected chi connectivity index (χ2v) is 17.2. The zero-order chi connectivity index (χ0) is 21.1. The second-order valence-electron chi connectivity index (χ2n) is 8.18. The van der Waals surface area contributed by atoms with Gasteiger partial charge in [-0.2, -0.15) is 0 Å². The van der Waals surface area contributed by atoms with E-state index in [0.717, 1.165) is 19.1 Å². The zero-order valence-electron chi connectivity index (χ0n) is 17.9. The van der Waals surface area contributed by atoms with E-state index in [2.05, 4.69) is 106 Å². The standard InChI is InChI=1S/C27H35BrNP/c28-30(25-17-9-6-10-18-25,26-19-11-7-12-20-26,27-21-13-8-14-22-27)24-16-5-3-1-2-4-15-23-29/h6-14,17-22H,1-5,15-16,23-24,29H2. The average Bonchev–Trinajstić information content (AvgIpc) is 2.82. The summed E-state index contributed by atoms with van der Waals surface area (Å²) in [5.74, 6) is 0. The summed E-state index contributed by atoms with van der Waals surface area (Å²) in [6.07, 6.45) is 10.0. The topological polar surface area (TPSA) is 26.0 Å². The molecule has 0 unspecified atom stereocenters. The molecule has 0 heterocycles. The summed E-state index contributed by atoms with van der Waals surface area (Å²) >= 11 is 4.54. The van der Waals surface area contributed by atoms with Crippen LogP contribution in [0.25, 0.3) is 0 Å². The van der Waals surface area contributed by atoms with Gasteiger partial charge in [0.15, 0.2) is 0 Å². The van der Waals surface area contributed by atoms with Crippen LogP contribution in [0.2, 0.25) is 0 Å². The van der Waals surface area contributed by atoms with Crippen LogP contribution in [0.3, 0.4) is 0 Å². The van der Waals surface area contributed by atoms with Gasteiger partial charge in [-0.1, -0.05) is 0 Å². The molecule has 0 aliphatic rings. The zero-order valence-corrected chi connectivity index (χ0v) is 20.4. The first kappa shape index (κ1) is 23.2. The summed E-state index contributed by atoms with van der Waals surface area (Å²) in [4.78, 5) is 0. The molecule has 0 atom stereocenters. The molecule has 0 amide bonds. The Balaban J connectivity index is 1.92. The molecule has 0 aliphatic carbocycles. The normalized spacial score (nSPS) is 12.9. The summed E-state index contributed by atoms with van der Waals surface area (Å²) in [5.41, 5.74) is 5.62. The Morgan fingerprint density at radius 3 is 1.20 bits per heavy atom. The minimum atomic E-state index is -2.72. The van der Waals surface area contributed by atoms with Crippen LogP contribution >= 0.6 is 20.8 Å². The molecule has 3 heteroatoms. The van der Waals surface area contributed by atoms with Gasteiger partial charge in [-0.3, -0.25) is 0 Å². The van der Waals surface area contributed by atoms with Crippen molar-refractivity contribution in [3.05, 3.63) is 91.0 Å². The van der Waals surface area contributed by atoms with Crippen LogP contribution in [0.4, 0.5) is 0 Å². The number of hydrogen-bond acceptors (Lipinski definition) is 1. The first-order valence-corrected chi connectivity index (χ1v) is 15.7. The molecule has 0 saturated carbocycles. The SMILES string of the molecule is NCCCCCCCCCP(Br)(c1ccccc1)(c1ccccc1)c1ccccc1. The maximum absolute atomic E-state index is 5.62. The number of rotatable bonds is 12. The molecule has 0 bridgehead atoms. The van der Waals surface area contributed by atoms with Crippen LogP contribution in [0.15, 0.2) is 91.0 Å². The number of unbranched alkanes of at least 4 members (excludes halogenated alkanes) is 6. The van der Waals surface area contributed by atoms with Crippen LogP contribution in [0.1, 0.15) is 44.9 Å². The van der Waals surface area contributed by atoms with E-state index in [0.29, 0.717) is 0 Å². The summed E-state index contributed by atoms with van der Waals surface area (Å²) in [5, 5.41) is 1.54. The van der Waals surface area contributed by atoms with E-state index in [1.807, 2.05) is 0 Å². The van der Waals surface area contributed by atoms with Gasteiger partial charge in [-0.15, -0.1) is 0 Å². The van der Waals surface area contributed by atoms with Crippen LogP contribution in [0, 0.1) is 0 Å². The van der Waals surface area contributed by atoms with Crippen molar-refractivity contribution in [3.8, 4) is 0 Å². The minimum absolute atomic E-state index is 0.823. The number of nitrogens with two attached hydrogens (primary N) is 1. The molecule has 0 aliphatic heterocycles. The van der Waals surface area contributed by atoms with Crippen LogP contribution in [0.5, 0.6) is 0 Å². The Morgan fingerprint density at radius 2 is 0.833 bits per heavy atom. The van der Waals surface area contributed by atoms with Gasteiger partial charge in [0.1, 0.15) is 0 Å². The van der Waals surface area contributed by atoms with Gasteiger partial charge in [0.05, 0.1) is 0 Å². The molecule has 160 valence electrons. The Hall–Kier alpha value is -1.47. The van der Waals surface area contributed by atoms with E-state index in [-0.39, 0.29) is 0 Å². The first-order chi connectivity index (χ1) is 14.7. The van der Waals surface area contributed by atoms with Crippen molar-refractivity contribution in [2.45, 2.75) is 44.9 Å². The quantitative estimate of drug-likeness (QED) is 0.230. The second kappa shape index (κ2) is 11.2. The van der Waals surface area contributed by atoms with Gasteiger partial charge >= 0.3 is 191 Å². The van der Waals surface area contributed by atoms with Crippen LogP contribution < -0.4 is 21.6 Å². The van der Waals surface area contributed by atoms with E-state index < -0.39 is 5.31 Å². The van der Waals surface area contributed by atoms with Crippen LogP contribution in [-0.4, -0.2) is 12.7 Å². The summed E-state index contributed by atoms with van der Waals surface area (Å²) in [6.45, 7) is 0.823. The summed E-state index contributed by atoms with van der Waals surface area (Å²) in [6, 6.07) is 33.4. The first-order valence-electron chi connectivity index (χ1n) is 11.3. The molecule has 30 heavy (non-hydrogen) atoms. The number of hydrogen-bond donors (Lipinski definition) is 1. The third-order valence-corrected chi connectivity index (χ3v) is 16.2. The van der Waals surface area contributed by atoms with Crippen molar-refractivity contribution >= 4 is 36.7 Å². The maximum atomic E-state index is 5.62. The Morgan fingerprint density at radius 1 is 0.500 bits per heavy atom. The van der Waals surface area contributed by atoms with Gasteiger partial charge in [0, 0.05) is 0 Å². The van der Waals surface area contributed by atoms with Crippen molar-refractivity contribution < 1.29 is 0 Å². The van der Waals surface area contributed by atoms with E-state index in [4.69, 9.17) is 5.73 Å². The van der Waals surface area contributed by atoms with Gasteiger partial charge < -0.3 is 0 Å². The Kier molecular flexibility index (Phi) is 8.69. The molecule has 1 nitrogen and oxygen atoms in total. The van der Waals surface area contributed by atoms with Gasteiger partial charge in [0.25, 0.3) is 0 Å². The number of benzene rings is 3. The molecule has 0 saturated heterocycles. The van der Waals surface area contributed by atoms with E-state index >= 15 is 0 Å². The molecule has 0 spiro atoms. The van der Waals surface area contributed by atoms with Crippen molar-refractivity contribution in [2.75, 3.05) is 12.7 Å². The van der Waals surface area contributed by atoms with Gasteiger partial charge in [-0.25, -0.2) is 0 Å². The monoisotopic (exact) mass is 483 g/mol. The fourth-order valence-corrected chi connectivity index (χ4v) is 12.2. The molecule has 3 aromatic carbocycles. The third-order valence-electron chi connectivity index (χ3n) is 6.17. The molecular weight excluding hydrogens is 449 g/mol.